The summed E-state index contributed by atoms with van der Waals surface area (Å²) in [6, 6.07) is 15.0. The van der Waals surface area contributed by atoms with Crippen molar-refractivity contribution in [3.8, 4) is 17.0 Å². The average molecular weight is 500 g/mol. The lowest BCUT2D eigenvalue weighted by Gasteiger charge is -2.61. The molecule has 2 saturated heterocycles. The second kappa shape index (κ2) is 9.80. The number of likely N-dealkylation sites (tertiary alicyclic amines) is 1. The van der Waals surface area contributed by atoms with E-state index >= 15 is 0 Å². The molecule has 1 spiro atoms. The normalized spacial score (nSPS) is 17.9. The van der Waals surface area contributed by atoms with Crippen LogP contribution >= 0.6 is 0 Å². The predicted octanol–water partition coefficient (Wildman–Crippen LogP) is 3.47. The summed E-state index contributed by atoms with van der Waals surface area (Å²) in [4.78, 5) is 25.1. The molecular formula is C28H33N7O2. The fourth-order valence-electron chi connectivity index (χ4n) is 5.20. The highest BCUT2D eigenvalue weighted by atomic mass is 16.3. The molecule has 5 rings (SSSR count). The second-order valence-electron chi connectivity index (χ2n) is 10.5. The van der Waals surface area contributed by atoms with E-state index in [4.69, 9.17) is 5.73 Å². The minimum Gasteiger partial charge on any atom is -0.507 e. The predicted molar refractivity (Wildman–Crippen MR) is 147 cm³/mol. The van der Waals surface area contributed by atoms with E-state index in [1.165, 1.54) is 6.34 Å². The van der Waals surface area contributed by atoms with Crippen LogP contribution in [-0.2, 0) is 4.79 Å². The zero-order valence-electron chi connectivity index (χ0n) is 21.5. The quantitative estimate of drug-likeness (QED) is 0.377. The van der Waals surface area contributed by atoms with Gasteiger partial charge in [-0.25, -0.2) is 4.99 Å². The molecule has 3 aromatic rings. The Morgan fingerprint density at radius 2 is 1.89 bits per heavy atom. The van der Waals surface area contributed by atoms with Crippen LogP contribution < -0.4 is 10.6 Å². The van der Waals surface area contributed by atoms with E-state index in [2.05, 4.69) is 48.2 Å². The van der Waals surface area contributed by atoms with Crippen LogP contribution in [0.2, 0.25) is 0 Å². The lowest BCUT2D eigenvalue weighted by Crippen LogP contribution is -2.73. The molecule has 1 aromatic heterocycles. The van der Waals surface area contributed by atoms with Gasteiger partial charge in [-0.3, -0.25) is 9.79 Å². The van der Waals surface area contributed by atoms with Crippen molar-refractivity contribution >= 4 is 34.7 Å². The van der Waals surface area contributed by atoms with E-state index in [0.717, 1.165) is 42.8 Å². The molecule has 37 heavy (non-hydrogen) atoms. The van der Waals surface area contributed by atoms with Gasteiger partial charge in [0.2, 0.25) is 0 Å². The number of hydrogen-bond acceptors (Lipinski definition) is 6. The van der Waals surface area contributed by atoms with Gasteiger partial charge in [-0.1, -0.05) is 39.0 Å². The first kappa shape index (κ1) is 24.7. The molecule has 0 bridgehead atoms. The summed E-state index contributed by atoms with van der Waals surface area (Å²) in [5, 5.41) is 19.9. The van der Waals surface area contributed by atoms with Gasteiger partial charge in [0.05, 0.1) is 11.2 Å². The summed E-state index contributed by atoms with van der Waals surface area (Å²) in [6.07, 6.45) is 1.90. The highest BCUT2D eigenvalue weighted by Gasteiger charge is 2.52. The Morgan fingerprint density at radius 3 is 2.59 bits per heavy atom. The van der Waals surface area contributed by atoms with Crippen molar-refractivity contribution in [2.75, 3.05) is 31.1 Å². The van der Waals surface area contributed by atoms with Crippen LogP contribution in [0.1, 0.15) is 27.2 Å². The summed E-state index contributed by atoms with van der Waals surface area (Å²) in [7, 11) is 0. The monoisotopic (exact) mass is 499 g/mol. The summed E-state index contributed by atoms with van der Waals surface area (Å²) in [5.74, 6) is 0.889. The molecule has 1 atom stereocenters. The highest BCUT2D eigenvalue weighted by Crippen LogP contribution is 2.42. The Morgan fingerprint density at radius 1 is 1.14 bits per heavy atom. The van der Waals surface area contributed by atoms with E-state index in [1.807, 2.05) is 39.0 Å². The standard InChI is InChI=1S/C28H33N7O2/c1-4-24(36)26(18(2)3)30-17-31-27(29)35-15-28(16-35)13-34(14-28)20-10-9-19-11-23(33-32-22(19)12-20)21-7-5-6-8-25(21)37/h5-12,17-18,26,37H,4,13-16H2,1-3H3,(H2,29,30,31). The third kappa shape index (κ3) is 4.85. The summed E-state index contributed by atoms with van der Waals surface area (Å²) >= 11 is 0. The van der Waals surface area contributed by atoms with Gasteiger partial charge in [0.15, 0.2) is 11.7 Å². The van der Waals surface area contributed by atoms with Crippen molar-refractivity contribution in [2.24, 2.45) is 27.1 Å². The number of benzene rings is 2. The number of guanidine groups is 1. The number of anilines is 1. The van der Waals surface area contributed by atoms with Gasteiger partial charge in [0.25, 0.3) is 0 Å². The van der Waals surface area contributed by atoms with E-state index < -0.39 is 0 Å². The van der Waals surface area contributed by atoms with Crippen LogP contribution in [0.5, 0.6) is 5.75 Å². The molecule has 2 aliphatic rings. The van der Waals surface area contributed by atoms with Gasteiger partial charge in [-0.15, -0.1) is 10.2 Å². The summed E-state index contributed by atoms with van der Waals surface area (Å²) in [6.45, 7) is 9.42. The number of phenols is 1. The number of carbonyl (C=O) groups excluding carboxylic acids is 1. The topological polar surface area (TPSA) is 120 Å². The number of fused-ring (bicyclic) bond motifs is 1. The zero-order chi connectivity index (χ0) is 26.2. The average Bonchev–Trinajstić information content (AvgIpc) is 2.84. The van der Waals surface area contributed by atoms with Gasteiger partial charge in [0, 0.05) is 54.7 Å². The maximum atomic E-state index is 12.0. The molecule has 0 radical (unpaired) electrons. The minimum atomic E-state index is -0.367. The van der Waals surface area contributed by atoms with Crippen LogP contribution in [0.25, 0.3) is 22.2 Å². The number of phenolic OH excluding ortho intramolecular Hbond substituents is 1. The smallest absolute Gasteiger partial charge is 0.197 e. The molecule has 3 heterocycles. The lowest BCUT2D eigenvalue weighted by molar-refractivity contribution is -0.120. The van der Waals surface area contributed by atoms with E-state index in [0.29, 0.717) is 23.6 Å². The number of Topliss-reactive ketones (excluding diaryl/α,β-unsaturated/α-hetero) is 1. The molecule has 0 amide bonds. The number of rotatable bonds is 7. The van der Waals surface area contributed by atoms with Crippen LogP contribution in [0.3, 0.4) is 0 Å². The number of nitrogens with zero attached hydrogens (tertiary/aromatic N) is 6. The van der Waals surface area contributed by atoms with E-state index in [9.17, 15) is 9.90 Å². The van der Waals surface area contributed by atoms with Gasteiger partial charge in [-0.05, 0) is 36.2 Å². The fourth-order valence-corrected chi connectivity index (χ4v) is 5.20. The molecule has 1 unspecified atom stereocenters. The first-order chi connectivity index (χ1) is 17.8. The molecule has 0 aliphatic carbocycles. The fraction of sp³-hybridized carbons (Fsp3) is 0.393. The number of aromatic hydroxyl groups is 1. The summed E-state index contributed by atoms with van der Waals surface area (Å²) in [5.41, 5.74) is 9.65. The SMILES string of the molecule is CCC(=O)C(N=CN=C(N)N1CC2(C1)CN(c1ccc3cc(-c4ccccc4O)nnc3c1)C2)C(C)C. The molecule has 3 N–H and O–H groups in total. The molecule has 0 saturated carbocycles. The molecule has 9 nitrogen and oxygen atoms in total. The Bertz CT molecular complexity index is 1370. The molecule has 2 fully saturated rings. The van der Waals surface area contributed by atoms with E-state index in [1.54, 1.807) is 12.1 Å². The van der Waals surface area contributed by atoms with Crippen LogP contribution in [-0.4, -0.2) is 70.5 Å². The molecule has 192 valence electrons. The van der Waals surface area contributed by atoms with Crippen LogP contribution in [0.4, 0.5) is 5.69 Å². The lowest BCUT2D eigenvalue weighted by atomic mass is 9.72. The molecular weight excluding hydrogens is 466 g/mol. The van der Waals surface area contributed by atoms with Gasteiger partial charge in [0.1, 0.15) is 18.1 Å². The van der Waals surface area contributed by atoms with Gasteiger partial charge in [-0.2, -0.15) is 0 Å². The number of nitrogens with two attached hydrogens (primary N) is 1. The van der Waals surface area contributed by atoms with Crippen molar-refractivity contribution in [3.63, 3.8) is 0 Å². The second-order valence-corrected chi connectivity index (χ2v) is 10.5. The number of carbonyl (C=O) groups is 1. The van der Waals surface area contributed by atoms with Gasteiger partial charge < -0.3 is 20.6 Å². The first-order valence-electron chi connectivity index (χ1n) is 12.7. The maximum absolute atomic E-state index is 12.0. The number of aliphatic imine (C=N–C) groups is 2. The third-order valence-electron chi connectivity index (χ3n) is 7.27. The Labute approximate surface area is 216 Å². The zero-order valence-corrected chi connectivity index (χ0v) is 21.5. The molecule has 2 aromatic carbocycles. The Hall–Kier alpha value is -4.01. The van der Waals surface area contributed by atoms with Crippen LogP contribution in [0, 0.1) is 11.3 Å². The van der Waals surface area contributed by atoms with Crippen molar-refractivity contribution in [3.05, 3.63) is 48.5 Å². The Balaban J connectivity index is 1.18. The molecule has 2 aliphatic heterocycles. The molecule has 9 heteroatoms. The van der Waals surface area contributed by atoms with E-state index in [-0.39, 0.29) is 28.9 Å². The van der Waals surface area contributed by atoms with Crippen LogP contribution in [0.15, 0.2) is 58.5 Å². The van der Waals surface area contributed by atoms with Gasteiger partial charge >= 0.3 is 0 Å². The van der Waals surface area contributed by atoms with Crippen molar-refractivity contribution < 1.29 is 9.90 Å². The largest absolute Gasteiger partial charge is 0.507 e. The number of aromatic nitrogens is 2. The minimum absolute atomic E-state index is 0.119. The van der Waals surface area contributed by atoms with Crippen molar-refractivity contribution in [2.45, 2.75) is 33.2 Å². The number of hydrogen-bond donors (Lipinski definition) is 2. The number of ketones is 1. The summed E-state index contributed by atoms with van der Waals surface area (Å²) < 4.78 is 0. The maximum Gasteiger partial charge on any atom is 0.197 e. The Kier molecular flexibility index (Phi) is 6.54. The highest BCUT2D eigenvalue weighted by molar-refractivity contribution is 5.89. The third-order valence-corrected chi connectivity index (χ3v) is 7.27. The van der Waals surface area contributed by atoms with Crippen molar-refractivity contribution in [1.29, 1.82) is 0 Å². The van der Waals surface area contributed by atoms with Crippen molar-refractivity contribution in [1.82, 2.24) is 15.1 Å². The number of para-hydroxylation sites is 1. The first-order valence-corrected chi connectivity index (χ1v) is 12.7.